The Hall–Kier alpha value is -1.84. The van der Waals surface area contributed by atoms with E-state index in [9.17, 15) is 9.59 Å². The van der Waals surface area contributed by atoms with Gasteiger partial charge in [0.25, 0.3) is 0 Å². The molecule has 1 amide bonds. The Morgan fingerprint density at radius 3 is 2.56 bits per heavy atom. The Morgan fingerprint density at radius 1 is 1.22 bits per heavy atom. The van der Waals surface area contributed by atoms with E-state index in [0.29, 0.717) is 12.7 Å². The van der Waals surface area contributed by atoms with Crippen molar-refractivity contribution < 1.29 is 14.7 Å². The second-order valence-corrected chi connectivity index (χ2v) is 4.28. The van der Waals surface area contributed by atoms with Crippen molar-refractivity contribution >= 4 is 12.4 Å². The minimum Gasteiger partial charge on any atom is -0.465 e. The average Bonchev–Trinajstić information content (AvgIpc) is 2.37. The molecule has 0 aromatic heterocycles. The fourth-order valence-corrected chi connectivity index (χ4v) is 1.85. The highest BCUT2D eigenvalue weighted by atomic mass is 16.4. The van der Waals surface area contributed by atoms with Crippen LogP contribution in [0.5, 0.6) is 0 Å². The van der Waals surface area contributed by atoms with Crippen LogP contribution in [0.15, 0.2) is 30.3 Å². The van der Waals surface area contributed by atoms with Crippen LogP contribution in [-0.2, 0) is 11.2 Å². The zero-order chi connectivity index (χ0) is 13.2. The highest BCUT2D eigenvalue weighted by molar-refractivity contribution is 5.71. The second kappa shape index (κ2) is 8.28. The summed E-state index contributed by atoms with van der Waals surface area (Å²) in [5.74, 6) is 0. The van der Waals surface area contributed by atoms with Crippen molar-refractivity contribution in [2.75, 3.05) is 0 Å². The third kappa shape index (κ3) is 6.03. The van der Waals surface area contributed by atoms with Crippen LogP contribution in [0.3, 0.4) is 0 Å². The molecule has 0 radical (unpaired) electrons. The molecule has 1 aromatic carbocycles. The van der Waals surface area contributed by atoms with Crippen molar-refractivity contribution in [3.8, 4) is 0 Å². The molecule has 2 N–H and O–H groups in total. The molecule has 0 bridgehead atoms. The van der Waals surface area contributed by atoms with Crippen LogP contribution >= 0.6 is 0 Å². The Morgan fingerprint density at radius 2 is 1.94 bits per heavy atom. The first-order valence-electron chi connectivity index (χ1n) is 6.21. The Balaban J connectivity index is 2.11. The molecule has 0 aliphatic rings. The number of aryl methyl sites for hydroxylation is 1. The summed E-state index contributed by atoms with van der Waals surface area (Å²) in [4.78, 5) is 21.0. The van der Waals surface area contributed by atoms with Gasteiger partial charge in [-0.15, -0.1) is 0 Å². The number of hydrogen-bond donors (Lipinski definition) is 2. The smallest absolute Gasteiger partial charge is 0.405 e. The number of aldehydes is 1. The topological polar surface area (TPSA) is 66.4 Å². The molecule has 98 valence electrons. The summed E-state index contributed by atoms with van der Waals surface area (Å²) in [6, 6.07) is 9.67. The van der Waals surface area contributed by atoms with Crippen LogP contribution in [0, 0.1) is 0 Å². The quantitative estimate of drug-likeness (QED) is 0.549. The number of hydrogen-bond acceptors (Lipinski definition) is 2. The lowest BCUT2D eigenvalue weighted by Gasteiger charge is -2.09. The maximum atomic E-state index is 10.6. The van der Waals surface area contributed by atoms with E-state index in [2.05, 4.69) is 17.4 Å². The van der Waals surface area contributed by atoms with Gasteiger partial charge >= 0.3 is 6.09 Å². The van der Waals surface area contributed by atoms with Crippen molar-refractivity contribution in [2.45, 2.75) is 38.1 Å². The largest absolute Gasteiger partial charge is 0.465 e. The van der Waals surface area contributed by atoms with Gasteiger partial charge in [-0.1, -0.05) is 43.2 Å². The molecule has 0 fully saturated rings. The molecule has 1 atom stereocenters. The van der Waals surface area contributed by atoms with Crippen molar-refractivity contribution in [2.24, 2.45) is 0 Å². The predicted molar refractivity (Wildman–Crippen MR) is 69.6 cm³/mol. The fourth-order valence-electron chi connectivity index (χ4n) is 1.85. The summed E-state index contributed by atoms with van der Waals surface area (Å²) >= 11 is 0. The molecular weight excluding hydrogens is 230 g/mol. The lowest BCUT2D eigenvalue weighted by atomic mass is 10.0. The molecule has 0 aliphatic heterocycles. The molecule has 0 heterocycles. The third-order valence-corrected chi connectivity index (χ3v) is 2.80. The molecule has 0 spiro atoms. The molecule has 0 saturated carbocycles. The maximum absolute atomic E-state index is 10.6. The molecule has 4 nitrogen and oxygen atoms in total. The summed E-state index contributed by atoms with van der Waals surface area (Å²) in [6.45, 7) is 0. The van der Waals surface area contributed by atoms with E-state index < -0.39 is 12.1 Å². The predicted octanol–water partition coefficient (Wildman–Crippen LogP) is 2.62. The van der Waals surface area contributed by atoms with E-state index in [-0.39, 0.29) is 0 Å². The van der Waals surface area contributed by atoms with E-state index in [1.165, 1.54) is 5.56 Å². The molecule has 0 saturated heterocycles. The van der Waals surface area contributed by atoms with Gasteiger partial charge in [0.05, 0.1) is 6.04 Å². The minimum atomic E-state index is -1.14. The van der Waals surface area contributed by atoms with Crippen molar-refractivity contribution in [1.29, 1.82) is 0 Å². The number of rotatable bonds is 8. The molecule has 4 heteroatoms. The van der Waals surface area contributed by atoms with Crippen LogP contribution in [0.4, 0.5) is 4.79 Å². The van der Waals surface area contributed by atoms with Crippen molar-refractivity contribution in [1.82, 2.24) is 5.32 Å². The van der Waals surface area contributed by atoms with Gasteiger partial charge in [-0.05, 0) is 24.8 Å². The first-order chi connectivity index (χ1) is 8.72. The monoisotopic (exact) mass is 249 g/mol. The molecule has 0 aliphatic carbocycles. The van der Waals surface area contributed by atoms with Gasteiger partial charge in [-0.2, -0.15) is 0 Å². The van der Waals surface area contributed by atoms with Gasteiger partial charge in [0, 0.05) is 0 Å². The third-order valence-electron chi connectivity index (χ3n) is 2.80. The molecule has 18 heavy (non-hydrogen) atoms. The zero-order valence-corrected chi connectivity index (χ0v) is 10.3. The summed E-state index contributed by atoms with van der Waals surface area (Å²) in [6.07, 6.45) is 4.03. The standard InChI is InChI=1S/C14H19NO3/c16-11-13(15-14(17)18)10-6-2-5-9-12-7-3-1-4-8-12/h1,3-4,7-8,11,13,15H,2,5-6,9-10H2,(H,17,18)/t13-/m0/s1. The highest BCUT2D eigenvalue weighted by Crippen LogP contribution is 2.08. The second-order valence-electron chi connectivity index (χ2n) is 4.28. The number of benzene rings is 1. The SMILES string of the molecule is O=C[C@H](CCCCCc1ccccc1)NC(=O)O. The first kappa shape index (κ1) is 14.2. The Bertz CT molecular complexity index is 365. The summed E-state index contributed by atoms with van der Waals surface area (Å²) in [5.41, 5.74) is 1.31. The van der Waals surface area contributed by atoms with E-state index >= 15 is 0 Å². The molecular formula is C14H19NO3. The summed E-state index contributed by atoms with van der Waals surface area (Å²) in [7, 11) is 0. The van der Waals surface area contributed by atoms with Crippen LogP contribution in [-0.4, -0.2) is 23.5 Å². The fraction of sp³-hybridized carbons (Fsp3) is 0.429. The van der Waals surface area contributed by atoms with Crippen molar-refractivity contribution in [3.63, 3.8) is 0 Å². The number of unbranched alkanes of at least 4 members (excludes halogenated alkanes) is 2. The van der Waals surface area contributed by atoms with Gasteiger partial charge in [-0.3, -0.25) is 0 Å². The van der Waals surface area contributed by atoms with Gasteiger partial charge in [0.15, 0.2) is 0 Å². The van der Waals surface area contributed by atoms with E-state index in [4.69, 9.17) is 5.11 Å². The van der Waals surface area contributed by atoms with Crippen molar-refractivity contribution in [3.05, 3.63) is 35.9 Å². The van der Waals surface area contributed by atoms with Gasteiger partial charge < -0.3 is 15.2 Å². The number of carboxylic acid groups (broad SMARTS) is 1. The number of carbonyl (C=O) groups excluding carboxylic acids is 1. The molecule has 1 rings (SSSR count). The van der Waals surface area contributed by atoms with Gasteiger partial charge in [0.2, 0.25) is 0 Å². The lowest BCUT2D eigenvalue weighted by Crippen LogP contribution is -2.34. The van der Waals surface area contributed by atoms with Crippen LogP contribution in [0.1, 0.15) is 31.2 Å². The number of nitrogens with one attached hydrogen (secondary N) is 1. The minimum absolute atomic E-state index is 0.570. The van der Waals surface area contributed by atoms with Crippen LogP contribution in [0.2, 0.25) is 0 Å². The molecule has 0 unspecified atom stereocenters. The lowest BCUT2D eigenvalue weighted by molar-refractivity contribution is -0.109. The first-order valence-corrected chi connectivity index (χ1v) is 6.21. The van der Waals surface area contributed by atoms with Gasteiger partial charge in [-0.25, -0.2) is 4.79 Å². The summed E-state index contributed by atoms with van der Waals surface area (Å²) in [5, 5.41) is 10.7. The van der Waals surface area contributed by atoms with Crippen LogP contribution in [0.25, 0.3) is 0 Å². The van der Waals surface area contributed by atoms with E-state index in [0.717, 1.165) is 25.7 Å². The zero-order valence-electron chi connectivity index (χ0n) is 10.3. The average molecular weight is 249 g/mol. The Kier molecular flexibility index (Phi) is 6.54. The van der Waals surface area contributed by atoms with E-state index in [1.54, 1.807) is 0 Å². The summed E-state index contributed by atoms with van der Waals surface area (Å²) < 4.78 is 0. The van der Waals surface area contributed by atoms with E-state index in [1.807, 2.05) is 18.2 Å². The number of amides is 1. The van der Waals surface area contributed by atoms with Gasteiger partial charge in [0.1, 0.15) is 6.29 Å². The maximum Gasteiger partial charge on any atom is 0.405 e. The van der Waals surface area contributed by atoms with Crippen LogP contribution < -0.4 is 5.32 Å². The molecule has 1 aromatic rings. The normalized spacial score (nSPS) is 11.8. The Labute approximate surface area is 107 Å². The number of carbonyl (C=O) groups is 2. The highest BCUT2D eigenvalue weighted by Gasteiger charge is 2.08.